The predicted molar refractivity (Wildman–Crippen MR) is 102 cm³/mol. The topological polar surface area (TPSA) is 149 Å². The molecule has 0 aromatic carbocycles. The van der Waals surface area contributed by atoms with E-state index in [0.717, 1.165) is 19.3 Å². The number of unbranched alkanes of at least 4 members (excludes halogenated alkanes) is 1. The fourth-order valence-corrected chi connectivity index (χ4v) is 2.53. The normalized spacial score (nSPS) is 11.8. The van der Waals surface area contributed by atoms with Crippen molar-refractivity contribution in [3.63, 3.8) is 0 Å². The highest BCUT2D eigenvalue weighted by Crippen LogP contribution is 2.25. The molecule has 6 N–H and O–H groups in total. The second kappa shape index (κ2) is 10.3. The maximum absolute atomic E-state index is 11.2. The number of aromatic nitrogens is 3. The summed E-state index contributed by atoms with van der Waals surface area (Å²) in [6.07, 6.45) is 5.05. The summed E-state index contributed by atoms with van der Waals surface area (Å²) in [5.74, 6) is 0.396. The SMILES string of the molecule is CCCC[C@H](CCO)Nc1nc(N)ncc1OCc1cccc(C(N)=O)n1. The Morgan fingerprint density at radius 1 is 1.33 bits per heavy atom. The zero-order chi connectivity index (χ0) is 19.6. The summed E-state index contributed by atoms with van der Waals surface area (Å²) in [5, 5.41) is 12.6. The van der Waals surface area contributed by atoms with E-state index in [9.17, 15) is 9.90 Å². The van der Waals surface area contributed by atoms with Gasteiger partial charge in [0.2, 0.25) is 5.95 Å². The van der Waals surface area contributed by atoms with Gasteiger partial charge in [-0.1, -0.05) is 25.8 Å². The minimum Gasteiger partial charge on any atom is -0.482 e. The van der Waals surface area contributed by atoms with Crippen LogP contribution >= 0.6 is 0 Å². The predicted octanol–water partition coefficient (Wildman–Crippen LogP) is 1.48. The van der Waals surface area contributed by atoms with Gasteiger partial charge < -0.3 is 26.6 Å². The number of ether oxygens (including phenoxy) is 1. The van der Waals surface area contributed by atoms with Crippen LogP contribution in [0.25, 0.3) is 0 Å². The van der Waals surface area contributed by atoms with Crippen LogP contribution in [0.15, 0.2) is 24.4 Å². The number of hydrogen-bond donors (Lipinski definition) is 4. The van der Waals surface area contributed by atoms with Crippen molar-refractivity contribution in [2.45, 2.75) is 45.3 Å². The first-order chi connectivity index (χ1) is 13.0. The lowest BCUT2D eigenvalue weighted by Gasteiger charge is -2.20. The molecule has 0 fully saturated rings. The fraction of sp³-hybridized carbons (Fsp3) is 0.444. The number of amides is 1. The number of aliphatic hydroxyl groups excluding tert-OH is 1. The van der Waals surface area contributed by atoms with Gasteiger partial charge in [0.1, 0.15) is 12.3 Å². The summed E-state index contributed by atoms with van der Waals surface area (Å²) in [4.78, 5) is 23.6. The van der Waals surface area contributed by atoms with Gasteiger partial charge in [0.25, 0.3) is 5.91 Å². The molecule has 2 aromatic rings. The van der Waals surface area contributed by atoms with Gasteiger partial charge in [-0.25, -0.2) is 9.97 Å². The molecule has 0 radical (unpaired) electrons. The van der Waals surface area contributed by atoms with E-state index >= 15 is 0 Å². The van der Waals surface area contributed by atoms with Gasteiger partial charge in [0, 0.05) is 12.6 Å². The zero-order valence-corrected chi connectivity index (χ0v) is 15.4. The Balaban J connectivity index is 2.12. The number of aliphatic hydroxyl groups is 1. The van der Waals surface area contributed by atoms with Gasteiger partial charge in [-0.05, 0) is 25.0 Å². The number of rotatable bonds is 11. The van der Waals surface area contributed by atoms with Gasteiger partial charge in [-0.15, -0.1) is 0 Å². The molecule has 146 valence electrons. The second-order valence-electron chi connectivity index (χ2n) is 6.10. The molecule has 1 atom stereocenters. The number of nitrogens with zero attached hydrogens (tertiary/aromatic N) is 3. The van der Waals surface area contributed by atoms with Crippen LogP contribution < -0.4 is 21.5 Å². The Kier molecular flexibility index (Phi) is 7.75. The third-order valence-electron chi connectivity index (χ3n) is 3.93. The van der Waals surface area contributed by atoms with Crippen LogP contribution in [0, 0.1) is 0 Å². The minimum atomic E-state index is -0.599. The van der Waals surface area contributed by atoms with Crippen LogP contribution in [-0.2, 0) is 6.61 Å². The summed E-state index contributed by atoms with van der Waals surface area (Å²) >= 11 is 0. The van der Waals surface area contributed by atoms with Crippen LogP contribution in [0.5, 0.6) is 5.75 Å². The van der Waals surface area contributed by atoms with E-state index in [4.69, 9.17) is 16.2 Å². The molecule has 0 aliphatic carbocycles. The van der Waals surface area contributed by atoms with Crippen LogP contribution in [0.4, 0.5) is 11.8 Å². The Hall–Kier alpha value is -2.94. The lowest BCUT2D eigenvalue weighted by molar-refractivity contribution is 0.0995. The lowest BCUT2D eigenvalue weighted by atomic mass is 10.1. The molecule has 0 bridgehead atoms. The van der Waals surface area contributed by atoms with Gasteiger partial charge in [0.05, 0.1) is 11.9 Å². The van der Waals surface area contributed by atoms with Gasteiger partial charge in [0.15, 0.2) is 11.6 Å². The van der Waals surface area contributed by atoms with Gasteiger partial charge >= 0.3 is 0 Å². The number of anilines is 2. The van der Waals surface area contributed by atoms with Gasteiger partial charge in [-0.3, -0.25) is 4.79 Å². The van der Waals surface area contributed by atoms with Crippen molar-refractivity contribution < 1.29 is 14.6 Å². The molecular weight excluding hydrogens is 348 g/mol. The second-order valence-corrected chi connectivity index (χ2v) is 6.10. The monoisotopic (exact) mass is 374 g/mol. The number of nitrogens with one attached hydrogen (secondary N) is 1. The highest BCUT2D eigenvalue weighted by molar-refractivity contribution is 5.90. The maximum Gasteiger partial charge on any atom is 0.267 e. The number of nitrogens with two attached hydrogens (primary N) is 2. The molecule has 9 nitrogen and oxygen atoms in total. The van der Waals surface area contributed by atoms with E-state index in [1.54, 1.807) is 18.2 Å². The van der Waals surface area contributed by atoms with Crippen molar-refractivity contribution in [1.82, 2.24) is 15.0 Å². The molecule has 2 rings (SSSR count). The summed E-state index contributed by atoms with van der Waals surface area (Å²) in [6.45, 7) is 2.30. The molecule has 2 aromatic heterocycles. The molecule has 2 heterocycles. The number of carbonyl (C=O) groups is 1. The Bertz CT molecular complexity index is 756. The number of pyridine rings is 1. The first-order valence-electron chi connectivity index (χ1n) is 8.92. The van der Waals surface area contributed by atoms with Crippen molar-refractivity contribution in [1.29, 1.82) is 0 Å². The first-order valence-corrected chi connectivity index (χ1v) is 8.92. The van der Waals surface area contributed by atoms with E-state index in [1.807, 2.05) is 0 Å². The minimum absolute atomic E-state index is 0.0444. The highest BCUT2D eigenvalue weighted by Gasteiger charge is 2.14. The summed E-state index contributed by atoms with van der Waals surface area (Å²) < 4.78 is 5.78. The molecule has 0 aliphatic heterocycles. The van der Waals surface area contributed by atoms with Crippen LogP contribution in [0.3, 0.4) is 0 Å². The molecule has 27 heavy (non-hydrogen) atoms. The number of hydrogen-bond acceptors (Lipinski definition) is 8. The quantitative estimate of drug-likeness (QED) is 0.462. The fourth-order valence-electron chi connectivity index (χ4n) is 2.53. The average Bonchev–Trinajstić information content (AvgIpc) is 2.66. The molecular formula is C18H26N6O3. The number of carbonyl (C=O) groups excluding carboxylic acids is 1. The zero-order valence-electron chi connectivity index (χ0n) is 15.4. The number of primary amides is 1. The van der Waals surface area contributed by atoms with Gasteiger partial charge in [-0.2, -0.15) is 4.98 Å². The summed E-state index contributed by atoms with van der Waals surface area (Å²) in [5.41, 5.74) is 11.7. The van der Waals surface area contributed by atoms with Crippen molar-refractivity contribution in [3.8, 4) is 5.75 Å². The molecule has 9 heteroatoms. The van der Waals surface area contributed by atoms with Crippen LogP contribution in [0.2, 0.25) is 0 Å². The first kappa shape index (κ1) is 20.4. The van der Waals surface area contributed by atoms with Crippen molar-refractivity contribution in [2.75, 3.05) is 17.7 Å². The van der Waals surface area contributed by atoms with E-state index in [2.05, 4.69) is 27.2 Å². The Morgan fingerprint density at radius 3 is 2.85 bits per heavy atom. The van der Waals surface area contributed by atoms with E-state index in [0.29, 0.717) is 23.7 Å². The van der Waals surface area contributed by atoms with Crippen molar-refractivity contribution in [3.05, 3.63) is 35.8 Å². The third kappa shape index (κ3) is 6.37. The lowest BCUT2D eigenvalue weighted by Crippen LogP contribution is -2.22. The average molecular weight is 374 g/mol. The highest BCUT2D eigenvalue weighted by atomic mass is 16.5. The molecule has 0 unspecified atom stereocenters. The van der Waals surface area contributed by atoms with E-state index < -0.39 is 5.91 Å². The molecule has 0 saturated heterocycles. The molecule has 0 saturated carbocycles. The van der Waals surface area contributed by atoms with E-state index in [1.165, 1.54) is 6.20 Å². The van der Waals surface area contributed by atoms with E-state index in [-0.39, 0.29) is 30.9 Å². The standard InChI is InChI=1S/C18H26N6O3/c1-2-3-5-12(8-9-25)23-17-15(10-21-18(20)24-17)27-11-13-6-4-7-14(22-13)16(19)26/h4,6-7,10,12,25H,2-3,5,8-9,11H2,1H3,(H2,19,26)(H3,20,21,23,24)/t12-/m1/s1. The molecule has 0 aliphatic rings. The summed E-state index contributed by atoms with van der Waals surface area (Å²) in [6, 6.07) is 5.00. The van der Waals surface area contributed by atoms with Crippen LogP contribution in [0.1, 0.15) is 48.8 Å². The third-order valence-corrected chi connectivity index (χ3v) is 3.93. The molecule has 0 spiro atoms. The smallest absolute Gasteiger partial charge is 0.267 e. The largest absolute Gasteiger partial charge is 0.482 e. The summed E-state index contributed by atoms with van der Waals surface area (Å²) in [7, 11) is 0. The van der Waals surface area contributed by atoms with Crippen molar-refractivity contribution >= 4 is 17.7 Å². The Labute approximate surface area is 158 Å². The maximum atomic E-state index is 11.2. The molecule has 1 amide bonds. The van der Waals surface area contributed by atoms with Crippen molar-refractivity contribution in [2.24, 2.45) is 5.73 Å². The van der Waals surface area contributed by atoms with Crippen LogP contribution in [-0.4, -0.2) is 38.6 Å². The number of nitrogen functional groups attached to an aromatic ring is 1. The Morgan fingerprint density at radius 2 is 2.15 bits per heavy atom.